The monoisotopic (exact) mass is 438 g/mol. The van der Waals surface area contributed by atoms with Gasteiger partial charge in [-0.15, -0.1) is 5.10 Å². The van der Waals surface area contributed by atoms with Crippen LogP contribution < -0.4 is 5.32 Å². The van der Waals surface area contributed by atoms with E-state index in [1.165, 1.54) is 23.0 Å². The molecule has 0 aliphatic heterocycles. The zero-order chi connectivity index (χ0) is 17.3. The van der Waals surface area contributed by atoms with Gasteiger partial charge in [-0.1, -0.05) is 11.3 Å². The van der Waals surface area contributed by atoms with Crippen LogP contribution in [0.5, 0.6) is 5.75 Å². The predicted octanol–water partition coefficient (Wildman–Crippen LogP) is 3.28. The summed E-state index contributed by atoms with van der Waals surface area (Å²) in [5.41, 5.74) is 2.13. The summed E-state index contributed by atoms with van der Waals surface area (Å²) in [6.07, 6.45) is 1.41. The highest BCUT2D eigenvalue weighted by Gasteiger charge is 2.14. The molecule has 1 aromatic heterocycles. The molecule has 0 radical (unpaired) electrons. The van der Waals surface area contributed by atoms with E-state index in [-0.39, 0.29) is 5.69 Å². The molecule has 0 unspecified atom stereocenters. The number of phenolic OH excluding ortho intramolecular Hbond substituents is 1. The lowest BCUT2D eigenvalue weighted by Crippen LogP contribution is -2.13. The van der Waals surface area contributed by atoms with Crippen molar-refractivity contribution >= 4 is 34.2 Å². The molecule has 0 aliphatic rings. The van der Waals surface area contributed by atoms with Gasteiger partial charge in [-0.05, 0) is 59.3 Å². The van der Waals surface area contributed by atoms with Crippen molar-refractivity contribution in [3.8, 4) is 11.4 Å². The van der Waals surface area contributed by atoms with Crippen LogP contribution in [-0.4, -0.2) is 26.0 Å². The van der Waals surface area contributed by atoms with E-state index in [0.717, 1.165) is 15.2 Å². The molecule has 122 valence electrons. The number of hydrogen-bond donors (Lipinski definition) is 2. The number of phenols is 1. The second-order valence-corrected chi connectivity index (χ2v) is 6.34. The van der Waals surface area contributed by atoms with E-state index in [4.69, 9.17) is 0 Å². The standard InChI is InChI=1S/C16H12FIN4O2/c1-9-2-3-10(18)6-13(9)19-16(24)14-8-22(21-20-14)11-4-5-12(17)15(23)7-11/h2-8,23H,1H3,(H,19,24). The van der Waals surface area contributed by atoms with Crippen LogP contribution in [-0.2, 0) is 0 Å². The highest BCUT2D eigenvalue weighted by atomic mass is 127. The number of nitrogens with zero attached hydrogens (tertiary/aromatic N) is 3. The van der Waals surface area contributed by atoms with Crippen LogP contribution in [0.25, 0.3) is 5.69 Å². The van der Waals surface area contributed by atoms with Crippen LogP contribution in [0.4, 0.5) is 10.1 Å². The lowest BCUT2D eigenvalue weighted by molar-refractivity contribution is 0.102. The number of carbonyl (C=O) groups excluding carboxylic acids is 1. The average Bonchev–Trinajstić information content (AvgIpc) is 3.03. The first-order valence-electron chi connectivity index (χ1n) is 6.93. The topological polar surface area (TPSA) is 80.0 Å². The van der Waals surface area contributed by atoms with Crippen LogP contribution in [0.2, 0.25) is 0 Å². The Labute approximate surface area is 150 Å². The number of carbonyl (C=O) groups is 1. The molecule has 3 rings (SSSR count). The molecule has 0 fully saturated rings. The number of benzene rings is 2. The minimum absolute atomic E-state index is 0.108. The van der Waals surface area contributed by atoms with Crippen molar-refractivity contribution < 1.29 is 14.3 Å². The van der Waals surface area contributed by atoms with E-state index < -0.39 is 17.5 Å². The molecule has 0 aliphatic carbocycles. The fourth-order valence-corrected chi connectivity index (χ4v) is 2.54. The van der Waals surface area contributed by atoms with Crippen LogP contribution >= 0.6 is 22.6 Å². The quantitative estimate of drug-likeness (QED) is 0.616. The molecular formula is C16H12FIN4O2. The van der Waals surface area contributed by atoms with E-state index in [2.05, 4.69) is 38.2 Å². The number of halogens is 2. The Morgan fingerprint density at radius 1 is 1.29 bits per heavy atom. The lowest BCUT2D eigenvalue weighted by Gasteiger charge is -2.07. The summed E-state index contributed by atoms with van der Waals surface area (Å²) < 4.78 is 15.4. The fraction of sp³-hybridized carbons (Fsp3) is 0.0625. The second kappa shape index (κ2) is 6.56. The van der Waals surface area contributed by atoms with Crippen molar-refractivity contribution in [2.24, 2.45) is 0 Å². The Balaban J connectivity index is 1.83. The number of amides is 1. The largest absolute Gasteiger partial charge is 0.505 e. The molecule has 6 nitrogen and oxygen atoms in total. The third kappa shape index (κ3) is 3.37. The molecular weight excluding hydrogens is 426 g/mol. The molecule has 0 saturated heterocycles. The fourth-order valence-electron chi connectivity index (χ4n) is 2.05. The summed E-state index contributed by atoms with van der Waals surface area (Å²) in [4.78, 5) is 12.3. The first-order chi connectivity index (χ1) is 11.4. The van der Waals surface area contributed by atoms with Crippen LogP contribution in [0.1, 0.15) is 16.1 Å². The summed E-state index contributed by atoms with van der Waals surface area (Å²) in [5.74, 6) is -1.63. The Morgan fingerprint density at radius 3 is 2.83 bits per heavy atom. The van der Waals surface area contributed by atoms with Gasteiger partial charge in [-0.2, -0.15) is 0 Å². The summed E-state index contributed by atoms with van der Waals surface area (Å²) >= 11 is 2.16. The van der Waals surface area contributed by atoms with Crippen molar-refractivity contribution in [3.05, 3.63) is 63.2 Å². The second-order valence-electron chi connectivity index (χ2n) is 5.10. The first-order valence-corrected chi connectivity index (χ1v) is 8.00. The van der Waals surface area contributed by atoms with Crippen LogP contribution in [0.3, 0.4) is 0 Å². The van der Waals surface area contributed by atoms with E-state index in [0.29, 0.717) is 11.4 Å². The van der Waals surface area contributed by atoms with Gasteiger partial charge in [-0.3, -0.25) is 4.79 Å². The van der Waals surface area contributed by atoms with Gasteiger partial charge in [0.2, 0.25) is 0 Å². The van der Waals surface area contributed by atoms with Gasteiger partial charge < -0.3 is 10.4 Å². The number of nitrogens with one attached hydrogen (secondary N) is 1. The Hall–Kier alpha value is -2.49. The number of rotatable bonds is 3. The molecule has 24 heavy (non-hydrogen) atoms. The van der Waals surface area contributed by atoms with Crippen molar-refractivity contribution in [2.75, 3.05) is 5.32 Å². The van der Waals surface area contributed by atoms with Crippen molar-refractivity contribution in [1.82, 2.24) is 15.0 Å². The van der Waals surface area contributed by atoms with E-state index in [1.54, 1.807) is 0 Å². The molecule has 1 amide bonds. The van der Waals surface area contributed by atoms with Gasteiger partial charge >= 0.3 is 0 Å². The van der Waals surface area contributed by atoms with Gasteiger partial charge in [0, 0.05) is 15.3 Å². The number of hydrogen-bond acceptors (Lipinski definition) is 4. The van der Waals surface area contributed by atoms with Gasteiger partial charge in [0.1, 0.15) is 0 Å². The SMILES string of the molecule is Cc1ccc(I)cc1NC(=O)c1cn(-c2ccc(F)c(O)c2)nn1. The maximum atomic E-state index is 13.1. The zero-order valence-electron chi connectivity index (χ0n) is 12.5. The minimum atomic E-state index is -0.731. The van der Waals surface area contributed by atoms with E-state index in [1.807, 2.05) is 25.1 Å². The number of anilines is 1. The average molecular weight is 438 g/mol. The molecule has 8 heteroatoms. The van der Waals surface area contributed by atoms with Crippen LogP contribution in [0, 0.1) is 16.3 Å². The molecule has 0 spiro atoms. The van der Waals surface area contributed by atoms with E-state index in [9.17, 15) is 14.3 Å². The molecule has 0 atom stereocenters. The summed E-state index contributed by atoms with van der Waals surface area (Å²) in [5, 5.41) is 19.8. The summed E-state index contributed by atoms with van der Waals surface area (Å²) in [6.45, 7) is 1.89. The minimum Gasteiger partial charge on any atom is -0.505 e. The maximum Gasteiger partial charge on any atom is 0.277 e. The van der Waals surface area contributed by atoms with Crippen molar-refractivity contribution in [3.63, 3.8) is 0 Å². The van der Waals surface area contributed by atoms with Crippen molar-refractivity contribution in [2.45, 2.75) is 6.92 Å². The third-order valence-electron chi connectivity index (χ3n) is 3.37. The first kappa shape index (κ1) is 16.4. The van der Waals surface area contributed by atoms with Gasteiger partial charge in [-0.25, -0.2) is 9.07 Å². The third-order valence-corrected chi connectivity index (χ3v) is 4.04. The molecule has 2 N–H and O–H groups in total. The van der Waals surface area contributed by atoms with Crippen molar-refractivity contribution in [1.29, 1.82) is 0 Å². The predicted molar refractivity (Wildman–Crippen MR) is 94.8 cm³/mol. The molecule has 1 heterocycles. The normalized spacial score (nSPS) is 10.6. The van der Waals surface area contributed by atoms with Gasteiger partial charge in [0.15, 0.2) is 17.3 Å². The number of aryl methyl sites for hydroxylation is 1. The highest BCUT2D eigenvalue weighted by molar-refractivity contribution is 14.1. The number of aromatic hydroxyl groups is 1. The zero-order valence-corrected chi connectivity index (χ0v) is 14.7. The molecule has 0 saturated carbocycles. The van der Waals surface area contributed by atoms with E-state index >= 15 is 0 Å². The maximum absolute atomic E-state index is 13.1. The Morgan fingerprint density at radius 2 is 2.08 bits per heavy atom. The Kier molecular flexibility index (Phi) is 4.47. The lowest BCUT2D eigenvalue weighted by atomic mass is 10.2. The molecule has 0 bridgehead atoms. The highest BCUT2D eigenvalue weighted by Crippen LogP contribution is 2.20. The molecule has 2 aromatic carbocycles. The summed E-state index contributed by atoms with van der Waals surface area (Å²) in [6, 6.07) is 9.46. The summed E-state index contributed by atoms with van der Waals surface area (Å²) in [7, 11) is 0. The number of aromatic nitrogens is 3. The van der Waals surface area contributed by atoms with Gasteiger partial charge in [0.05, 0.1) is 11.9 Å². The smallest absolute Gasteiger partial charge is 0.277 e. The van der Waals surface area contributed by atoms with Gasteiger partial charge in [0.25, 0.3) is 5.91 Å². The Bertz CT molecular complexity index is 926. The van der Waals surface area contributed by atoms with Crippen LogP contribution in [0.15, 0.2) is 42.6 Å². The molecule has 3 aromatic rings.